The lowest BCUT2D eigenvalue weighted by Gasteiger charge is -1.95. The number of benzene rings is 1. The lowest BCUT2D eigenvalue weighted by Crippen LogP contribution is -1.76. The highest BCUT2D eigenvalue weighted by Gasteiger charge is 2.03. The van der Waals surface area contributed by atoms with Crippen molar-refractivity contribution in [1.29, 1.82) is 0 Å². The van der Waals surface area contributed by atoms with Crippen LogP contribution in [0, 0.1) is 6.92 Å². The van der Waals surface area contributed by atoms with Crippen molar-refractivity contribution in [1.82, 2.24) is 0 Å². The fraction of sp³-hybridized carbons (Fsp3) is 0.154. The van der Waals surface area contributed by atoms with Gasteiger partial charge in [0.1, 0.15) is 5.76 Å². The summed E-state index contributed by atoms with van der Waals surface area (Å²) in [6, 6.07) is 10.3. The van der Waals surface area contributed by atoms with E-state index in [2.05, 4.69) is 41.1 Å². The SMILES string of the molecule is [CH2]CCc1cc(-c2ccc(Br)cc2)co1. The van der Waals surface area contributed by atoms with Gasteiger partial charge in [0.05, 0.1) is 6.26 Å². The second-order valence-corrected chi connectivity index (χ2v) is 4.33. The Kier molecular flexibility index (Phi) is 3.27. The van der Waals surface area contributed by atoms with Crippen LogP contribution in [0.15, 0.2) is 45.5 Å². The first-order valence-corrected chi connectivity index (χ1v) is 5.71. The van der Waals surface area contributed by atoms with Gasteiger partial charge in [-0.3, -0.25) is 0 Å². The fourth-order valence-corrected chi connectivity index (χ4v) is 1.74. The van der Waals surface area contributed by atoms with E-state index >= 15 is 0 Å². The van der Waals surface area contributed by atoms with Crippen LogP contribution < -0.4 is 0 Å². The maximum absolute atomic E-state index is 5.44. The molecule has 0 saturated heterocycles. The summed E-state index contributed by atoms with van der Waals surface area (Å²) < 4.78 is 6.53. The second kappa shape index (κ2) is 4.67. The van der Waals surface area contributed by atoms with Gasteiger partial charge in [0.2, 0.25) is 0 Å². The van der Waals surface area contributed by atoms with Gasteiger partial charge in [0.25, 0.3) is 0 Å². The average molecular weight is 264 g/mol. The van der Waals surface area contributed by atoms with Crippen LogP contribution in [0.3, 0.4) is 0 Å². The van der Waals surface area contributed by atoms with E-state index in [9.17, 15) is 0 Å². The highest BCUT2D eigenvalue weighted by Crippen LogP contribution is 2.24. The standard InChI is InChI=1S/C13H12BrO/c1-2-3-13-8-11(9-15-13)10-4-6-12(14)7-5-10/h4-9H,1-3H2. The Hall–Kier alpha value is -1.02. The van der Waals surface area contributed by atoms with E-state index in [1.807, 2.05) is 12.1 Å². The molecule has 0 fully saturated rings. The molecule has 1 aromatic heterocycles. The molecule has 0 aliphatic carbocycles. The van der Waals surface area contributed by atoms with Crippen molar-refractivity contribution < 1.29 is 4.42 Å². The van der Waals surface area contributed by atoms with Gasteiger partial charge in [-0.05, 0) is 30.2 Å². The van der Waals surface area contributed by atoms with Crippen LogP contribution >= 0.6 is 15.9 Å². The third-order valence-corrected chi connectivity index (χ3v) is 2.78. The molecule has 0 atom stereocenters. The number of rotatable bonds is 3. The number of halogens is 1. The summed E-state index contributed by atoms with van der Waals surface area (Å²) in [5.74, 6) is 1.00. The van der Waals surface area contributed by atoms with E-state index in [-0.39, 0.29) is 0 Å². The Labute approximate surface area is 98.2 Å². The number of hydrogen-bond donors (Lipinski definition) is 0. The number of aryl methyl sites for hydroxylation is 1. The zero-order valence-corrected chi connectivity index (χ0v) is 9.96. The molecule has 0 aliphatic heterocycles. The quantitative estimate of drug-likeness (QED) is 0.796. The number of hydrogen-bond acceptors (Lipinski definition) is 1. The molecule has 77 valence electrons. The van der Waals surface area contributed by atoms with Crippen LogP contribution in [0.5, 0.6) is 0 Å². The van der Waals surface area contributed by atoms with Crippen molar-refractivity contribution in [3.63, 3.8) is 0 Å². The lowest BCUT2D eigenvalue weighted by molar-refractivity contribution is 0.510. The maximum Gasteiger partial charge on any atom is 0.104 e. The van der Waals surface area contributed by atoms with Gasteiger partial charge in [-0.2, -0.15) is 0 Å². The van der Waals surface area contributed by atoms with Crippen molar-refractivity contribution in [3.05, 3.63) is 53.8 Å². The lowest BCUT2D eigenvalue weighted by atomic mass is 10.1. The van der Waals surface area contributed by atoms with Gasteiger partial charge >= 0.3 is 0 Å². The molecule has 0 spiro atoms. The van der Waals surface area contributed by atoms with E-state index in [0.717, 1.165) is 28.6 Å². The predicted molar refractivity (Wildman–Crippen MR) is 65.5 cm³/mol. The first-order valence-electron chi connectivity index (χ1n) is 4.92. The molecule has 0 unspecified atom stereocenters. The molecule has 2 heteroatoms. The first-order chi connectivity index (χ1) is 7.29. The highest BCUT2D eigenvalue weighted by atomic mass is 79.9. The maximum atomic E-state index is 5.44. The summed E-state index contributed by atoms with van der Waals surface area (Å²) in [6.45, 7) is 3.81. The van der Waals surface area contributed by atoms with Crippen molar-refractivity contribution in [2.75, 3.05) is 0 Å². The molecule has 1 radical (unpaired) electrons. The van der Waals surface area contributed by atoms with Crippen LogP contribution in [0.2, 0.25) is 0 Å². The highest BCUT2D eigenvalue weighted by molar-refractivity contribution is 9.10. The molecule has 1 heterocycles. The smallest absolute Gasteiger partial charge is 0.104 e. The third kappa shape index (κ3) is 2.51. The summed E-state index contributed by atoms with van der Waals surface area (Å²) in [4.78, 5) is 0. The predicted octanol–water partition coefficient (Wildman–Crippen LogP) is 4.48. The Morgan fingerprint density at radius 3 is 2.53 bits per heavy atom. The van der Waals surface area contributed by atoms with Gasteiger partial charge in [-0.25, -0.2) is 0 Å². The van der Waals surface area contributed by atoms with E-state index in [4.69, 9.17) is 4.42 Å². The van der Waals surface area contributed by atoms with Gasteiger partial charge in [0, 0.05) is 16.5 Å². The van der Waals surface area contributed by atoms with Crippen LogP contribution in [0.1, 0.15) is 12.2 Å². The Balaban J connectivity index is 2.25. The van der Waals surface area contributed by atoms with Crippen molar-refractivity contribution in [2.24, 2.45) is 0 Å². The summed E-state index contributed by atoms with van der Waals surface area (Å²) in [5.41, 5.74) is 2.31. The molecule has 0 N–H and O–H groups in total. The normalized spacial score (nSPS) is 10.5. The van der Waals surface area contributed by atoms with Crippen LogP contribution in [-0.4, -0.2) is 0 Å². The molecule has 1 nitrogen and oxygen atoms in total. The minimum absolute atomic E-state index is 0.868. The van der Waals surface area contributed by atoms with Gasteiger partial charge < -0.3 is 4.42 Å². The second-order valence-electron chi connectivity index (χ2n) is 3.41. The third-order valence-electron chi connectivity index (χ3n) is 2.25. The molecule has 15 heavy (non-hydrogen) atoms. The van der Waals surface area contributed by atoms with Gasteiger partial charge in [0.15, 0.2) is 0 Å². The molecular formula is C13H12BrO. The Bertz CT molecular complexity index is 428. The van der Waals surface area contributed by atoms with Crippen molar-refractivity contribution in [2.45, 2.75) is 12.8 Å². The largest absolute Gasteiger partial charge is 0.469 e. The fourth-order valence-electron chi connectivity index (χ4n) is 1.48. The molecule has 2 rings (SSSR count). The summed E-state index contributed by atoms with van der Waals surface area (Å²) in [5, 5.41) is 0. The van der Waals surface area contributed by atoms with E-state index in [1.165, 1.54) is 5.56 Å². The zero-order valence-electron chi connectivity index (χ0n) is 8.37. The molecule has 2 aromatic rings. The minimum Gasteiger partial charge on any atom is -0.469 e. The molecule has 1 aromatic carbocycles. The monoisotopic (exact) mass is 263 g/mol. The zero-order chi connectivity index (χ0) is 10.7. The Morgan fingerprint density at radius 1 is 1.13 bits per heavy atom. The van der Waals surface area contributed by atoms with Crippen LogP contribution in [0.4, 0.5) is 0 Å². The molecule has 0 aliphatic rings. The Morgan fingerprint density at radius 2 is 1.87 bits per heavy atom. The molecular weight excluding hydrogens is 252 g/mol. The van der Waals surface area contributed by atoms with E-state index in [0.29, 0.717) is 0 Å². The number of furan rings is 1. The van der Waals surface area contributed by atoms with Gasteiger partial charge in [-0.1, -0.05) is 35.0 Å². The first kappa shape index (κ1) is 10.5. The minimum atomic E-state index is 0.868. The van der Waals surface area contributed by atoms with Crippen molar-refractivity contribution >= 4 is 15.9 Å². The molecule has 0 bridgehead atoms. The topological polar surface area (TPSA) is 13.1 Å². The van der Waals surface area contributed by atoms with E-state index in [1.54, 1.807) is 6.26 Å². The van der Waals surface area contributed by atoms with Crippen LogP contribution in [-0.2, 0) is 6.42 Å². The summed E-state index contributed by atoms with van der Waals surface area (Å²) in [6.07, 6.45) is 3.57. The molecule has 0 saturated carbocycles. The molecule has 0 amide bonds. The van der Waals surface area contributed by atoms with E-state index < -0.39 is 0 Å². The summed E-state index contributed by atoms with van der Waals surface area (Å²) >= 11 is 3.42. The van der Waals surface area contributed by atoms with Crippen molar-refractivity contribution in [3.8, 4) is 11.1 Å². The summed E-state index contributed by atoms with van der Waals surface area (Å²) in [7, 11) is 0. The van der Waals surface area contributed by atoms with Gasteiger partial charge in [-0.15, -0.1) is 0 Å². The van der Waals surface area contributed by atoms with Crippen LogP contribution in [0.25, 0.3) is 11.1 Å². The average Bonchev–Trinajstić information content (AvgIpc) is 2.68.